The molecule has 4 N–H and O–H groups in total. The maximum atomic E-state index is 11.7. The molecule has 8 heteroatoms. The number of hydrogen-bond donors (Lipinski definition) is 4. The molecule has 0 saturated carbocycles. The molecule has 1 aliphatic rings. The number of rotatable bonds is 7. The minimum absolute atomic E-state index is 0.0111. The minimum atomic E-state index is -0.461. The second-order valence-electron chi connectivity index (χ2n) is 5.24. The number of nitro groups is 1. The van der Waals surface area contributed by atoms with Gasteiger partial charge in [-0.25, -0.2) is 0 Å². The first-order chi connectivity index (χ1) is 10.6. The van der Waals surface area contributed by atoms with Gasteiger partial charge in [0.1, 0.15) is 5.69 Å². The lowest BCUT2D eigenvalue weighted by atomic mass is 10.1. The van der Waals surface area contributed by atoms with Crippen LogP contribution in [-0.2, 0) is 4.79 Å². The number of hydrogen-bond acceptors (Lipinski definition) is 6. The Hall–Kier alpha value is -2.19. The number of benzene rings is 1. The zero-order chi connectivity index (χ0) is 15.9. The molecule has 0 radical (unpaired) electrons. The normalized spacial score (nSPS) is 20.6. The van der Waals surface area contributed by atoms with Crippen molar-refractivity contribution in [2.75, 3.05) is 31.5 Å². The van der Waals surface area contributed by atoms with Crippen molar-refractivity contribution in [2.24, 2.45) is 5.92 Å². The number of para-hydroxylation sites is 2. The monoisotopic (exact) mass is 308 g/mol. The molecule has 0 bridgehead atoms. The number of carbonyl (C=O) groups excluding carboxylic acids is 1. The van der Waals surface area contributed by atoms with E-state index in [9.17, 15) is 20.0 Å². The van der Waals surface area contributed by atoms with Crippen LogP contribution in [0, 0.1) is 16.0 Å². The highest BCUT2D eigenvalue weighted by molar-refractivity contribution is 5.76. The summed E-state index contributed by atoms with van der Waals surface area (Å²) in [5.41, 5.74) is 0.388. The molecule has 0 aliphatic carbocycles. The van der Waals surface area contributed by atoms with Crippen molar-refractivity contribution in [2.45, 2.75) is 12.5 Å². The predicted molar refractivity (Wildman–Crippen MR) is 81.6 cm³/mol. The summed E-state index contributed by atoms with van der Waals surface area (Å²) in [6.45, 7) is 1.98. The second kappa shape index (κ2) is 7.71. The van der Waals surface area contributed by atoms with Crippen LogP contribution in [0.15, 0.2) is 24.3 Å². The van der Waals surface area contributed by atoms with Gasteiger partial charge in [0.15, 0.2) is 0 Å². The first-order valence-corrected chi connectivity index (χ1v) is 7.20. The molecule has 2 atom stereocenters. The van der Waals surface area contributed by atoms with Gasteiger partial charge in [0.25, 0.3) is 5.69 Å². The highest BCUT2D eigenvalue weighted by atomic mass is 16.6. The summed E-state index contributed by atoms with van der Waals surface area (Å²) in [6, 6.07) is 6.31. The largest absolute Gasteiger partial charge is 0.391 e. The Labute approximate surface area is 128 Å². The van der Waals surface area contributed by atoms with Gasteiger partial charge in [-0.15, -0.1) is 0 Å². The lowest BCUT2D eigenvalue weighted by Crippen LogP contribution is -2.35. The molecule has 8 nitrogen and oxygen atoms in total. The van der Waals surface area contributed by atoms with Gasteiger partial charge in [0, 0.05) is 44.6 Å². The molecule has 22 heavy (non-hydrogen) atoms. The van der Waals surface area contributed by atoms with E-state index in [4.69, 9.17) is 0 Å². The van der Waals surface area contributed by atoms with E-state index in [2.05, 4.69) is 16.0 Å². The highest BCUT2D eigenvalue weighted by Crippen LogP contribution is 2.22. The van der Waals surface area contributed by atoms with Gasteiger partial charge in [-0.3, -0.25) is 14.9 Å². The summed E-state index contributed by atoms with van der Waals surface area (Å²) in [4.78, 5) is 22.1. The Morgan fingerprint density at radius 1 is 1.41 bits per heavy atom. The standard InChI is InChI=1S/C14H20N4O4/c19-13-9-15-7-10(13)8-17-14(20)5-6-16-11-3-1-2-4-12(11)18(21)22/h1-4,10,13,15-16,19H,5-9H2,(H,17,20). The van der Waals surface area contributed by atoms with Crippen molar-refractivity contribution < 1.29 is 14.8 Å². The average molecular weight is 308 g/mol. The average Bonchev–Trinajstić information content (AvgIpc) is 2.91. The van der Waals surface area contributed by atoms with Gasteiger partial charge >= 0.3 is 0 Å². The van der Waals surface area contributed by atoms with Gasteiger partial charge in [0.05, 0.1) is 11.0 Å². The van der Waals surface area contributed by atoms with E-state index < -0.39 is 11.0 Å². The zero-order valence-electron chi connectivity index (χ0n) is 12.1. The smallest absolute Gasteiger partial charge is 0.292 e. The second-order valence-corrected chi connectivity index (χ2v) is 5.24. The fraction of sp³-hybridized carbons (Fsp3) is 0.500. The van der Waals surface area contributed by atoms with E-state index in [1.165, 1.54) is 6.07 Å². The number of anilines is 1. The van der Waals surface area contributed by atoms with Crippen LogP contribution in [0.3, 0.4) is 0 Å². The molecule has 120 valence electrons. The molecular weight excluding hydrogens is 288 g/mol. The van der Waals surface area contributed by atoms with Crippen LogP contribution in [0.1, 0.15) is 6.42 Å². The molecule has 2 unspecified atom stereocenters. The Kier molecular flexibility index (Phi) is 5.68. The minimum Gasteiger partial charge on any atom is -0.391 e. The van der Waals surface area contributed by atoms with Crippen LogP contribution in [0.2, 0.25) is 0 Å². The van der Waals surface area contributed by atoms with Crippen LogP contribution >= 0.6 is 0 Å². The summed E-state index contributed by atoms with van der Waals surface area (Å²) < 4.78 is 0. The third-order valence-corrected chi connectivity index (χ3v) is 3.63. The SMILES string of the molecule is O=C(CCNc1ccccc1[N+](=O)[O-])NCC1CNCC1O. The van der Waals surface area contributed by atoms with Gasteiger partial charge in [0.2, 0.25) is 5.91 Å². The number of nitrogens with zero attached hydrogens (tertiary/aromatic N) is 1. The first-order valence-electron chi connectivity index (χ1n) is 7.20. The molecule has 0 aromatic heterocycles. The van der Waals surface area contributed by atoms with Crippen molar-refractivity contribution in [3.05, 3.63) is 34.4 Å². The molecule has 1 aromatic carbocycles. The third kappa shape index (κ3) is 4.40. The summed E-state index contributed by atoms with van der Waals surface area (Å²) in [5, 5.41) is 29.2. The molecule has 1 fully saturated rings. The van der Waals surface area contributed by atoms with Crippen LogP contribution in [0.4, 0.5) is 11.4 Å². The van der Waals surface area contributed by atoms with E-state index in [0.29, 0.717) is 31.9 Å². The van der Waals surface area contributed by atoms with Crippen molar-refractivity contribution >= 4 is 17.3 Å². The molecule has 1 aliphatic heterocycles. The highest BCUT2D eigenvalue weighted by Gasteiger charge is 2.24. The number of amides is 1. The lowest BCUT2D eigenvalue weighted by Gasteiger charge is -2.14. The van der Waals surface area contributed by atoms with E-state index >= 15 is 0 Å². The van der Waals surface area contributed by atoms with Crippen molar-refractivity contribution in [1.29, 1.82) is 0 Å². The molecule has 1 saturated heterocycles. The number of β-amino-alcohol motifs (C(OH)–C–C–N with tert-alkyl or cyclic N) is 1. The molecule has 1 heterocycles. The molecule has 0 spiro atoms. The fourth-order valence-corrected chi connectivity index (χ4v) is 2.35. The Morgan fingerprint density at radius 3 is 2.86 bits per heavy atom. The maximum absolute atomic E-state index is 11.7. The van der Waals surface area contributed by atoms with E-state index in [0.717, 1.165) is 0 Å². The van der Waals surface area contributed by atoms with E-state index in [1.54, 1.807) is 18.2 Å². The third-order valence-electron chi connectivity index (χ3n) is 3.63. The summed E-state index contributed by atoms with van der Waals surface area (Å²) in [6.07, 6.45) is -0.215. The van der Waals surface area contributed by atoms with Crippen molar-refractivity contribution in [3.8, 4) is 0 Å². The molecule has 1 amide bonds. The van der Waals surface area contributed by atoms with Gasteiger partial charge < -0.3 is 21.1 Å². The van der Waals surface area contributed by atoms with Crippen LogP contribution in [-0.4, -0.2) is 48.2 Å². The Morgan fingerprint density at radius 2 is 2.18 bits per heavy atom. The van der Waals surface area contributed by atoms with E-state index in [1.807, 2.05) is 0 Å². The molecule has 2 rings (SSSR count). The Bertz CT molecular complexity index is 537. The number of aliphatic hydroxyl groups is 1. The molecule has 1 aromatic rings. The van der Waals surface area contributed by atoms with Gasteiger partial charge in [-0.2, -0.15) is 0 Å². The number of aliphatic hydroxyl groups excluding tert-OH is 1. The van der Waals surface area contributed by atoms with Gasteiger partial charge in [-0.05, 0) is 6.07 Å². The summed E-state index contributed by atoms with van der Waals surface area (Å²) in [7, 11) is 0. The van der Waals surface area contributed by atoms with Crippen LogP contribution in [0.25, 0.3) is 0 Å². The number of nitrogens with one attached hydrogen (secondary N) is 3. The van der Waals surface area contributed by atoms with E-state index in [-0.39, 0.29) is 23.9 Å². The Balaban J connectivity index is 1.72. The topological polar surface area (TPSA) is 117 Å². The number of nitro benzene ring substituents is 1. The maximum Gasteiger partial charge on any atom is 0.292 e. The quantitative estimate of drug-likeness (QED) is 0.419. The predicted octanol–water partition coefficient (Wildman–Crippen LogP) is 0.0933. The van der Waals surface area contributed by atoms with Crippen LogP contribution < -0.4 is 16.0 Å². The van der Waals surface area contributed by atoms with Crippen LogP contribution in [0.5, 0.6) is 0 Å². The number of carbonyl (C=O) groups is 1. The zero-order valence-corrected chi connectivity index (χ0v) is 12.1. The lowest BCUT2D eigenvalue weighted by molar-refractivity contribution is -0.384. The fourth-order valence-electron chi connectivity index (χ4n) is 2.35. The summed E-state index contributed by atoms with van der Waals surface area (Å²) in [5.74, 6) is -0.114. The summed E-state index contributed by atoms with van der Waals surface area (Å²) >= 11 is 0. The van der Waals surface area contributed by atoms with Crippen molar-refractivity contribution in [1.82, 2.24) is 10.6 Å². The van der Waals surface area contributed by atoms with Gasteiger partial charge in [-0.1, -0.05) is 12.1 Å². The van der Waals surface area contributed by atoms with Crippen molar-refractivity contribution in [3.63, 3.8) is 0 Å². The molecular formula is C14H20N4O4. The first kappa shape index (κ1) is 16.2.